The van der Waals surface area contributed by atoms with Crippen LogP contribution in [-0.4, -0.2) is 49.8 Å². The lowest BCUT2D eigenvalue weighted by Crippen LogP contribution is -2.51. The van der Waals surface area contributed by atoms with Gasteiger partial charge in [-0.05, 0) is 58.9 Å². The first-order valence-electron chi connectivity index (χ1n) is 11.6. The van der Waals surface area contributed by atoms with Gasteiger partial charge in [0.05, 0.1) is 28.4 Å². The molecule has 0 bridgehead atoms. The van der Waals surface area contributed by atoms with Crippen LogP contribution in [0.5, 0.6) is 0 Å². The first-order chi connectivity index (χ1) is 17.5. The van der Waals surface area contributed by atoms with Crippen molar-refractivity contribution in [1.82, 2.24) is 10.6 Å². The van der Waals surface area contributed by atoms with Crippen molar-refractivity contribution < 1.29 is 36.3 Å². The number of anilines is 1. The van der Waals surface area contributed by atoms with Gasteiger partial charge in [-0.1, -0.05) is 17.7 Å². The summed E-state index contributed by atoms with van der Waals surface area (Å²) in [7, 11) is -4.40. The van der Waals surface area contributed by atoms with Crippen LogP contribution >= 0.6 is 11.6 Å². The lowest BCUT2D eigenvalue weighted by atomic mass is 10.1. The molecule has 1 atom stereocenters. The van der Waals surface area contributed by atoms with Gasteiger partial charge in [-0.2, -0.15) is 0 Å². The number of sulfone groups is 1. The molecule has 0 fully saturated rings. The average Bonchev–Trinajstić information content (AvgIpc) is 2.82. The minimum atomic E-state index is -4.40. The molecule has 0 radical (unpaired) electrons. The highest BCUT2D eigenvalue weighted by atomic mass is 35.5. The van der Waals surface area contributed by atoms with Gasteiger partial charge < -0.3 is 20.3 Å². The third kappa shape index (κ3) is 6.79. The Bertz CT molecular complexity index is 1390. The Morgan fingerprint density at radius 1 is 1.16 bits per heavy atom. The predicted octanol–water partition coefficient (Wildman–Crippen LogP) is 3.97. The SMILES string of the molecule is CC(C)NC(=O)c1cc2c(cc1F)S(=O)(=O)C[C@H](NC(=O)OC(C)(C)C)C(=O)N2Cc1ccc(Cl)cc1F. The maximum Gasteiger partial charge on any atom is 0.408 e. The number of benzene rings is 2. The van der Waals surface area contributed by atoms with Gasteiger partial charge >= 0.3 is 6.09 Å². The molecular formula is C25H28ClF2N3O6S. The number of fused-ring (bicyclic) bond motifs is 1. The molecule has 13 heteroatoms. The zero-order valence-corrected chi connectivity index (χ0v) is 23.0. The molecule has 3 amide bonds. The van der Waals surface area contributed by atoms with Crippen molar-refractivity contribution in [2.75, 3.05) is 10.7 Å². The summed E-state index contributed by atoms with van der Waals surface area (Å²) in [6.45, 7) is 7.53. The van der Waals surface area contributed by atoms with Crippen LogP contribution < -0.4 is 15.5 Å². The minimum absolute atomic E-state index is 0.0403. The first-order valence-corrected chi connectivity index (χ1v) is 13.6. The Hall–Kier alpha value is -3.25. The summed E-state index contributed by atoms with van der Waals surface area (Å²) in [5.74, 6) is -4.61. The zero-order chi connectivity index (χ0) is 28.6. The van der Waals surface area contributed by atoms with E-state index in [0.717, 1.165) is 17.0 Å². The Balaban J connectivity index is 2.18. The Labute approximate surface area is 224 Å². The molecule has 0 aromatic heterocycles. The molecule has 1 heterocycles. The molecule has 1 aliphatic heterocycles. The van der Waals surface area contributed by atoms with Crippen LogP contribution in [0.1, 0.15) is 50.5 Å². The van der Waals surface area contributed by atoms with Crippen molar-refractivity contribution in [3.8, 4) is 0 Å². The summed E-state index contributed by atoms with van der Waals surface area (Å²) in [6, 6.07) is 3.25. The number of rotatable bonds is 5. The van der Waals surface area contributed by atoms with Crippen LogP contribution in [0, 0.1) is 11.6 Å². The smallest absolute Gasteiger partial charge is 0.408 e. The Morgan fingerprint density at radius 3 is 2.39 bits per heavy atom. The van der Waals surface area contributed by atoms with Crippen molar-refractivity contribution in [1.29, 1.82) is 0 Å². The largest absolute Gasteiger partial charge is 0.444 e. The number of amides is 3. The number of carbonyl (C=O) groups is 3. The second-order valence-electron chi connectivity index (χ2n) is 10.1. The Morgan fingerprint density at radius 2 is 1.82 bits per heavy atom. The quantitative estimate of drug-likeness (QED) is 0.560. The highest BCUT2D eigenvalue weighted by Crippen LogP contribution is 2.35. The highest BCUT2D eigenvalue weighted by molar-refractivity contribution is 7.91. The van der Waals surface area contributed by atoms with E-state index in [2.05, 4.69) is 10.6 Å². The van der Waals surface area contributed by atoms with Gasteiger partial charge in [0.15, 0.2) is 9.84 Å². The summed E-state index contributed by atoms with van der Waals surface area (Å²) >= 11 is 5.83. The van der Waals surface area contributed by atoms with Gasteiger partial charge in [-0.25, -0.2) is 22.0 Å². The van der Waals surface area contributed by atoms with Crippen molar-refractivity contribution >= 4 is 45.0 Å². The maximum absolute atomic E-state index is 15.0. The lowest BCUT2D eigenvalue weighted by Gasteiger charge is -2.27. The molecule has 0 saturated heterocycles. The van der Waals surface area contributed by atoms with Crippen LogP contribution in [0.15, 0.2) is 35.2 Å². The molecule has 0 spiro atoms. The standard InChI is InChI=1S/C25H28ClF2N3O6S/c1-13(2)29-22(32)16-9-20-21(10-18(16)28)38(35,36)12-19(30-24(34)37-25(3,4)5)23(33)31(20)11-14-6-7-15(26)8-17(14)27/h6-10,13,19H,11-12H2,1-5H3,(H,29,32)(H,30,34)/t19-/m0/s1. The fourth-order valence-electron chi connectivity index (χ4n) is 3.74. The van der Waals surface area contributed by atoms with Gasteiger partial charge in [0.2, 0.25) is 0 Å². The van der Waals surface area contributed by atoms with Crippen LogP contribution in [0.25, 0.3) is 0 Å². The summed E-state index contributed by atoms with van der Waals surface area (Å²) in [4.78, 5) is 39.0. The third-order valence-corrected chi connectivity index (χ3v) is 7.33. The Kier molecular flexibility index (Phi) is 8.37. The molecule has 9 nitrogen and oxygen atoms in total. The van der Waals surface area contributed by atoms with Crippen LogP contribution in [0.4, 0.5) is 19.3 Å². The van der Waals surface area contributed by atoms with Gasteiger partial charge in [0, 0.05) is 16.6 Å². The molecule has 0 unspecified atom stereocenters. The number of hydrogen-bond donors (Lipinski definition) is 2. The molecule has 206 valence electrons. The molecule has 2 aromatic rings. The second kappa shape index (κ2) is 10.9. The molecule has 2 N–H and O–H groups in total. The predicted molar refractivity (Wildman–Crippen MR) is 137 cm³/mol. The monoisotopic (exact) mass is 571 g/mol. The van der Waals surface area contributed by atoms with Gasteiger partial charge in [-0.3, -0.25) is 9.59 Å². The highest BCUT2D eigenvalue weighted by Gasteiger charge is 2.40. The number of alkyl carbamates (subject to hydrolysis) is 1. The number of nitrogens with one attached hydrogen (secondary N) is 2. The molecule has 38 heavy (non-hydrogen) atoms. The number of hydrogen-bond acceptors (Lipinski definition) is 6. The van der Waals surface area contributed by atoms with Crippen molar-refractivity contribution in [2.45, 2.75) is 63.7 Å². The van der Waals surface area contributed by atoms with E-state index in [4.69, 9.17) is 16.3 Å². The summed E-state index contributed by atoms with van der Waals surface area (Å²) in [5, 5.41) is 4.86. The molecule has 0 aliphatic carbocycles. The third-order valence-electron chi connectivity index (χ3n) is 5.32. The maximum atomic E-state index is 15.0. The van der Waals surface area contributed by atoms with E-state index in [1.165, 1.54) is 12.1 Å². The number of nitrogens with zero attached hydrogens (tertiary/aromatic N) is 1. The molecule has 3 rings (SSSR count). The molecule has 1 aliphatic rings. The van der Waals surface area contributed by atoms with Gasteiger partial charge in [0.1, 0.15) is 23.3 Å². The number of carbonyl (C=O) groups excluding carboxylic acids is 3. The normalized spacial score (nSPS) is 17.0. The van der Waals surface area contributed by atoms with E-state index in [0.29, 0.717) is 6.07 Å². The number of halogens is 3. The van der Waals surface area contributed by atoms with Crippen LogP contribution in [0.3, 0.4) is 0 Å². The molecule has 0 saturated carbocycles. The van der Waals surface area contributed by atoms with Crippen LogP contribution in [-0.2, 0) is 25.9 Å². The van der Waals surface area contributed by atoms with Crippen molar-refractivity contribution in [2.24, 2.45) is 0 Å². The van der Waals surface area contributed by atoms with Gasteiger partial charge in [0.25, 0.3) is 11.8 Å². The lowest BCUT2D eigenvalue weighted by molar-refractivity contribution is -0.120. The minimum Gasteiger partial charge on any atom is -0.444 e. The van der Waals surface area contributed by atoms with Crippen molar-refractivity contribution in [3.05, 3.63) is 58.1 Å². The zero-order valence-electron chi connectivity index (χ0n) is 21.4. The number of ether oxygens (including phenoxy) is 1. The molecule has 2 aromatic carbocycles. The fraction of sp³-hybridized carbons (Fsp3) is 0.400. The van der Waals surface area contributed by atoms with E-state index in [9.17, 15) is 27.2 Å². The van der Waals surface area contributed by atoms with E-state index in [-0.39, 0.29) is 22.3 Å². The average molecular weight is 572 g/mol. The van der Waals surface area contributed by atoms with Crippen molar-refractivity contribution in [3.63, 3.8) is 0 Å². The van der Waals surface area contributed by atoms with Crippen LogP contribution in [0.2, 0.25) is 5.02 Å². The van der Waals surface area contributed by atoms with Gasteiger partial charge in [-0.15, -0.1) is 0 Å². The first kappa shape index (κ1) is 29.3. The summed E-state index contributed by atoms with van der Waals surface area (Å²) < 4.78 is 61.5. The van der Waals surface area contributed by atoms with E-state index >= 15 is 4.39 Å². The van der Waals surface area contributed by atoms with E-state index in [1.807, 2.05) is 0 Å². The second-order valence-corrected chi connectivity index (χ2v) is 12.5. The molecular weight excluding hydrogens is 544 g/mol. The summed E-state index contributed by atoms with van der Waals surface area (Å²) in [5.41, 5.74) is -1.84. The fourth-order valence-corrected chi connectivity index (χ4v) is 5.52. The van der Waals surface area contributed by atoms with E-state index < -0.39 is 73.8 Å². The topological polar surface area (TPSA) is 122 Å². The van der Waals surface area contributed by atoms with E-state index in [1.54, 1.807) is 34.6 Å². The summed E-state index contributed by atoms with van der Waals surface area (Å²) in [6.07, 6.45) is -1.06.